The molecule has 1 N–H and O–H groups in total. The van der Waals surface area contributed by atoms with Crippen molar-refractivity contribution >= 4 is 15.9 Å². The number of rotatable bonds is 9. The van der Waals surface area contributed by atoms with E-state index < -0.39 is 15.6 Å². The van der Waals surface area contributed by atoms with E-state index in [9.17, 15) is 13.2 Å². The highest BCUT2D eigenvalue weighted by Gasteiger charge is 2.38. The largest absolute Gasteiger partial charge is 0.497 e. The second kappa shape index (κ2) is 11.3. The smallest absolute Gasteiger partial charge is 0.243 e. The zero-order valence-corrected chi connectivity index (χ0v) is 21.2. The number of amides is 1. The van der Waals surface area contributed by atoms with Crippen LogP contribution in [0.15, 0.2) is 53.7 Å². The van der Waals surface area contributed by atoms with Gasteiger partial charge in [0.05, 0.1) is 17.6 Å². The number of sulfonamides is 1. The number of aromatic nitrogens is 1. The molecule has 1 aliphatic carbocycles. The normalized spacial score (nSPS) is 19.1. The molecule has 3 rings (SSSR count). The number of methoxy groups -OCH3 is 1. The minimum Gasteiger partial charge on any atom is -0.497 e. The van der Waals surface area contributed by atoms with Crippen LogP contribution < -0.4 is 10.2 Å². The molecule has 9 heteroatoms. The molecule has 8 nitrogen and oxygen atoms in total. The molecule has 1 aromatic carbocycles. The van der Waals surface area contributed by atoms with E-state index in [1.165, 1.54) is 0 Å². The van der Waals surface area contributed by atoms with Crippen molar-refractivity contribution in [2.75, 3.05) is 7.11 Å². The first kappa shape index (κ1) is 26.1. The molecule has 186 valence electrons. The summed E-state index contributed by atoms with van der Waals surface area (Å²) in [6.07, 6.45) is 6.85. The summed E-state index contributed by atoms with van der Waals surface area (Å²) in [5, 5.41) is 0. The SMILES string of the molecule is COc1ccc(S(=O)(=O)N(Cc2ccncc2)[C@@H]2CCCCC2CC(=O)NOC(C)(C)C)cc1. The average molecular weight is 490 g/mol. The molecular formula is C25H35N3O5S. The highest BCUT2D eigenvalue weighted by atomic mass is 32.2. The topological polar surface area (TPSA) is 97.8 Å². The molecule has 0 bridgehead atoms. The molecule has 1 unspecified atom stereocenters. The molecule has 1 heterocycles. The molecular weight excluding hydrogens is 454 g/mol. The zero-order valence-electron chi connectivity index (χ0n) is 20.4. The summed E-state index contributed by atoms with van der Waals surface area (Å²) in [6, 6.07) is 9.75. The Morgan fingerprint density at radius 1 is 1.09 bits per heavy atom. The second-order valence-electron chi connectivity index (χ2n) is 9.64. The Kier molecular flexibility index (Phi) is 8.67. The number of carbonyl (C=O) groups excluding carboxylic acids is 1. The third-order valence-corrected chi connectivity index (χ3v) is 7.80. The first-order valence-electron chi connectivity index (χ1n) is 11.6. The fourth-order valence-electron chi connectivity index (χ4n) is 4.23. The van der Waals surface area contributed by atoms with E-state index >= 15 is 0 Å². The molecule has 2 aromatic rings. The van der Waals surface area contributed by atoms with Gasteiger partial charge in [0.1, 0.15) is 5.75 Å². The van der Waals surface area contributed by atoms with Crippen molar-refractivity contribution in [2.24, 2.45) is 5.92 Å². The first-order chi connectivity index (χ1) is 16.1. The lowest BCUT2D eigenvalue weighted by molar-refractivity contribution is -0.147. The van der Waals surface area contributed by atoms with E-state index in [1.807, 2.05) is 32.9 Å². The zero-order chi connectivity index (χ0) is 24.8. The van der Waals surface area contributed by atoms with Gasteiger partial charge in [-0.3, -0.25) is 14.6 Å². The van der Waals surface area contributed by atoms with Gasteiger partial charge in [0, 0.05) is 31.4 Å². The molecule has 34 heavy (non-hydrogen) atoms. The van der Waals surface area contributed by atoms with Crippen molar-refractivity contribution in [3.8, 4) is 5.75 Å². The van der Waals surface area contributed by atoms with Gasteiger partial charge in [-0.2, -0.15) is 4.31 Å². The molecule has 0 spiro atoms. The summed E-state index contributed by atoms with van der Waals surface area (Å²) in [4.78, 5) is 22.3. The van der Waals surface area contributed by atoms with Crippen molar-refractivity contribution in [3.63, 3.8) is 0 Å². The number of hydrogen-bond acceptors (Lipinski definition) is 6. The number of hydrogen-bond donors (Lipinski definition) is 1. The summed E-state index contributed by atoms with van der Waals surface area (Å²) in [5.41, 5.74) is 2.87. The summed E-state index contributed by atoms with van der Waals surface area (Å²) in [6.45, 7) is 5.77. The van der Waals surface area contributed by atoms with Crippen molar-refractivity contribution in [2.45, 2.75) is 76.0 Å². The third-order valence-electron chi connectivity index (χ3n) is 5.91. The predicted octanol–water partition coefficient (Wildman–Crippen LogP) is 4.08. The van der Waals surface area contributed by atoms with Crippen LogP contribution in [0.4, 0.5) is 0 Å². The number of pyridine rings is 1. The summed E-state index contributed by atoms with van der Waals surface area (Å²) < 4.78 is 34.5. The number of hydroxylamine groups is 1. The molecule has 1 amide bonds. The van der Waals surface area contributed by atoms with Crippen LogP contribution >= 0.6 is 0 Å². The lowest BCUT2D eigenvalue weighted by atomic mass is 9.82. The highest BCUT2D eigenvalue weighted by molar-refractivity contribution is 7.89. The van der Waals surface area contributed by atoms with Crippen LogP contribution in [0.5, 0.6) is 5.75 Å². The van der Waals surface area contributed by atoms with Crippen LogP contribution in [0, 0.1) is 5.92 Å². The van der Waals surface area contributed by atoms with Crippen LogP contribution in [-0.2, 0) is 26.2 Å². The molecule has 0 aliphatic heterocycles. The number of nitrogens with zero attached hydrogens (tertiary/aromatic N) is 2. The van der Waals surface area contributed by atoms with Crippen molar-refractivity contribution in [3.05, 3.63) is 54.4 Å². The predicted molar refractivity (Wildman–Crippen MR) is 129 cm³/mol. The Balaban J connectivity index is 1.90. The Morgan fingerprint density at radius 3 is 2.35 bits per heavy atom. The van der Waals surface area contributed by atoms with E-state index in [2.05, 4.69) is 10.5 Å². The summed E-state index contributed by atoms with van der Waals surface area (Å²) >= 11 is 0. The quantitative estimate of drug-likeness (QED) is 0.533. The fraction of sp³-hybridized carbons (Fsp3) is 0.520. The van der Waals surface area contributed by atoms with Gasteiger partial charge in [0.15, 0.2) is 0 Å². The lowest BCUT2D eigenvalue weighted by Crippen LogP contribution is -2.47. The van der Waals surface area contributed by atoms with E-state index in [-0.39, 0.29) is 35.7 Å². The van der Waals surface area contributed by atoms with Crippen LogP contribution in [0.2, 0.25) is 0 Å². The molecule has 1 aromatic heterocycles. The van der Waals surface area contributed by atoms with Crippen molar-refractivity contribution in [1.29, 1.82) is 0 Å². The van der Waals surface area contributed by atoms with Crippen LogP contribution in [0.3, 0.4) is 0 Å². The van der Waals surface area contributed by atoms with Gasteiger partial charge in [0.2, 0.25) is 15.9 Å². The van der Waals surface area contributed by atoms with E-state index in [0.717, 1.165) is 24.8 Å². The maximum Gasteiger partial charge on any atom is 0.243 e. The number of carbonyl (C=O) groups is 1. The van der Waals surface area contributed by atoms with E-state index in [0.29, 0.717) is 12.2 Å². The lowest BCUT2D eigenvalue weighted by Gasteiger charge is -2.39. The van der Waals surface area contributed by atoms with Crippen molar-refractivity contribution < 1.29 is 22.8 Å². The molecule has 2 atom stereocenters. The monoisotopic (exact) mass is 489 g/mol. The fourth-order valence-corrected chi connectivity index (χ4v) is 5.93. The summed E-state index contributed by atoms with van der Waals surface area (Å²) in [7, 11) is -2.29. The van der Waals surface area contributed by atoms with E-state index in [1.54, 1.807) is 48.1 Å². The van der Waals surface area contributed by atoms with E-state index in [4.69, 9.17) is 9.57 Å². The Hall–Kier alpha value is -2.49. The van der Waals surface area contributed by atoms with Gasteiger partial charge >= 0.3 is 0 Å². The Bertz CT molecular complexity index is 1040. The molecule has 1 fully saturated rings. The maximum absolute atomic E-state index is 13.9. The van der Waals surface area contributed by atoms with Gasteiger partial charge in [-0.15, -0.1) is 0 Å². The van der Waals surface area contributed by atoms with Crippen LogP contribution in [0.1, 0.15) is 58.4 Å². The third kappa shape index (κ3) is 7.01. The van der Waals surface area contributed by atoms with Crippen LogP contribution in [-0.4, -0.2) is 42.4 Å². The molecule has 0 radical (unpaired) electrons. The Morgan fingerprint density at radius 2 is 1.74 bits per heavy atom. The van der Waals surface area contributed by atoms with Gasteiger partial charge < -0.3 is 4.74 Å². The van der Waals surface area contributed by atoms with Gasteiger partial charge in [-0.25, -0.2) is 13.9 Å². The molecule has 1 aliphatic rings. The van der Waals surface area contributed by atoms with Crippen LogP contribution in [0.25, 0.3) is 0 Å². The number of ether oxygens (including phenoxy) is 1. The van der Waals surface area contributed by atoms with Gasteiger partial charge in [-0.05, 0) is 81.5 Å². The maximum atomic E-state index is 13.9. The Labute approximate surface area is 202 Å². The number of nitrogens with one attached hydrogen (secondary N) is 1. The minimum absolute atomic E-state index is 0.118. The number of benzene rings is 1. The summed E-state index contributed by atoms with van der Waals surface area (Å²) in [5.74, 6) is 0.232. The molecule has 1 saturated carbocycles. The second-order valence-corrected chi connectivity index (χ2v) is 11.5. The van der Waals surface area contributed by atoms with Gasteiger partial charge in [-0.1, -0.05) is 12.8 Å². The van der Waals surface area contributed by atoms with Gasteiger partial charge in [0.25, 0.3) is 0 Å². The minimum atomic E-state index is -3.83. The molecule has 0 saturated heterocycles. The average Bonchev–Trinajstić information content (AvgIpc) is 2.82. The van der Waals surface area contributed by atoms with Crippen molar-refractivity contribution in [1.82, 2.24) is 14.8 Å². The standard InChI is InChI=1S/C25H35N3O5S/c1-25(2,3)33-27-24(29)17-20-7-5-6-8-23(20)28(18-19-13-15-26-16-14-19)34(30,31)22-11-9-21(32-4)10-12-22/h9-16,20,23H,5-8,17-18H2,1-4H3,(H,27,29)/t20?,23-/m1/s1. The first-order valence-corrected chi connectivity index (χ1v) is 13.1. The highest BCUT2D eigenvalue weighted by Crippen LogP contribution is 2.35.